The molecule has 0 atom stereocenters. The van der Waals surface area contributed by atoms with Crippen molar-refractivity contribution in [3.63, 3.8) is 0 Å². The Hall–Kier alpha value is -3.20. The summed E-state index contributed by atoms with van der Waals surface area (Å²) < 4.78 is 25.3. The van der Waals surface area contributed by atoms with Crippen LogP contribution in [-0.2, 0) is 30.6 Å². The third kappa shape index (κ3) is 5.04. The smallest absolute Gasteiger partial charge is 0.225 e. The van der Waals surface area contributed by atoms with Crippen molar-refractivity contribution >= 4 is 44.6 Å². The molecule has 0 fully saturated rings. The molecule has 2 N–H and O–H groups in total. The summed E-state index contributed by atoms with van der Waals surface area (Å²) in [5.74, 6) is -1.02. The van der Waals surface area contributed by atoms with Gasteiger partial charge in [-0.05, 0) is 54.4 Å². The van der Waals surface area contributed by atoms with Gasteiger partial charge in [0.05, 0.1) is 10.6 Å². The number of sulfone groups is 1. The van der Waals surface area contributed by atoms with Crippen LogP contribution in [0, 0.1) is 0 Å². The number of hydrogen-bond donors (Lipinski definition) is 2. The Labute approximate surface area is 175 Å². The first-order valence-corrected chi connectivity index (χ1v) is 11.1. The first-order chi connectivity index (χ1) is 14.2. The fraction of sp³-hybridized carbons (Fsp3) is 0.286. The van der Waals surface area contributed by atoms with Gasteiger partial charge >= 0.3 is 0 Å². The van der Waals surface area contributed by atoms with E-state index < -0.39 is 15.7 Å². The first-order valence-electron chi connectivity index (χ1n) is 9.47. The van der Waals surface area contributed by atoms with Crippen LogP contribution in [0.25, 0.3) is 0 Å². The molecule has 30 heavy (non-hydrogen) atoms. The van der Waals surface area contributed by atoms with Crippen molar-refractivity contribution in [2.45, 2.75) is 31.6 Å². The molecule has 0 spiro atoms. The predicted octanol–water partition coefficient (Wildman–Crippen LogP) is 2.36. The fourth-order valence-electron chi connectivity index (χ4n) is 3.31. The van der Waals surface area contributed by atoms with Crippen LogP contribution in [0.4, 0.5) is 17.1 Å². The van der Waals surface area contributed by atoms with Gasteiger partial charge in [0, 0.05) is 43.9 Å². The molecule has 0 saturated heterocycles. The second kappa shape index (κ2) is 8.66. The number of amides is 3. The molecule has 3 amide bonds. The van der Waals surface area contributed by atoms with E-state index in [0.29, 0.717) is 24.3 Å². The molecule has 2 aromatic carbocycles. The summed E-state index contributed by atoms with van der Waals surface area (Å²) in [7, 11) is -3.64. The van der Waals surface area contributed by atoms with Crippen LogP contribution in [0.2, 0.25) is 0 Å². The maximum absolute atomic E-state index is 12.7. The van der Waals surface area contributed by atoms with Gasteiger partial charge in [-0.1, -0.05) is 0 Å². The van der Waals surface area contributed by atoms with Crippen LogP contribution in [0.1, 0.15) is 25.8 Å². The van der Waals surface area contributed by atoms with E-state index in [2.05, 4.69) is 10.6 Å². The highest BCUT2D eigenvalue weighted by atomic mass is 32.2. The normalized spacial score (nSPS) is 12.9. The van der Waals surface area contributed by atoms with E-state index in [-0.39, 0.29) is 28.9 Å². The van der Waals surface area contributed by atoms with Crippen molar-refractivity contribution < 1.29 is 22.8 Å². The number of nitrogens with zero attached hydrogens (tertiary/aromatic N) is 1. The van der Waals surface area contributed by atoms with E-state index in [4.69, 9.17) is 0 Å². The van der Waals surface area contributed by atoms with Gasteiger partial charge in [-0.25, -0.2) is 8.42 Å². The Morgan fingerprint density at radius 3 is 2.20 bits per heavy atom. The largest absolute Gasteiger partial charge is 0.326 e. The monoisotopic (exact) mass is 429 g/mol. The molecule has 2 aromatic rings. The second-order valence-electron chi connectivity index (χ2n) is 7.09. The molecule has 0 aromatic heterocycles. The molecule has 0 unspecified atom stereocenters. The van der Waals surface area contributed by atoms with Gasteiger partial charge in [0.15, 0.2) is 9.84 Å². The molecular weight excluding hydrogens is 406 g/mol. The first kappa shape index (κ1) is 21.5. The van der Waals surface area contributed by atoms with Gasteiger partial charge in [0.25, 0.3) is 0 Å². The summed E-state index contributed by atoms with van der Waals surface area (Å²) in [5.41, 5.74) is 2.66. The standard InChI is InChI=1S/C21H23N3O5S/c1-14(25)22-17-3-5-18(6-4-17)23-21(27)10-12-30(28,29)19-7-8-20-16(13-19)9-11-24(20)15(2)26/h3-8,13H,9-12H2,1-2H3,(H,22,25)(H,23,27). The van der Waals surface area contributed by atoms with Crippen LogP contribution >= 0.6 is 0 Å². The lowest BCUT2D eigenvalue weighted by Gasteiger charge is -2.15. The number of fused-ring (bicyclic) bond motifs is 1. The number of anilines is 3. The Morgan fingerprint density at radius 2 is 1.60 bits per heavy atom. The van der Waals surface area contributed by atoms with E-state index in [1.54, 1.807) is 41.3 Å². The van der Waals surface area contributed by atoms with Gasteiger partial charge in [0.2, 0.25) is 17.7 Å². The quantitative estimate of drug-likeness (QED) is 0.732. The summed E-state index contributed by atoms with van der Waals surface area (Å²) in [6.45, 7) is 3.42. The lowest BCUT2D eigenvalue weighted by atomic mass is 10.2. The number of carbonyl (C=O) groups excluding carboxylic acids is 3. The minimum Gasteiger partial charge on any atom is -0.326 e. The van der Waals surface area contributed by atoms with E-state index in [1.807, 2.05) is 0 Å². The van der Waals surface area contributed by atoms with Crippen molar-refractivity contribution in [2.75, 3.05) is 27.8 Å². The van der Waals surface area contributed by atoms with Crippen LogP contribution in [-0.4, -0.2) is 38.4 Å². The SMILES string of the molecule is CC(=O)Nc1ccc(NC(=O)CCS(=O)(=O)c2ccc3c(c2)CCN3C(C)=O)cc1. The van der Waals surface area contributed by atoms with E-state index in [0.717, 1.165) is 11.3 Å². The average molecular weight is 429 g/mol. The van der Waals surface area contributed by atoms with Crippen LogP contribution in [0.5, 0.6) is 0 Å². The third-order valence-corrected chi connectivity index (χ3v) is 6.49. The average Bonchev–Trinajstić information content (AvgIpc) is 3.11. The van der Waals surface area contributed by atoms with Crippen LogP contribution in [0.3, 0.4) is 0 Å². The fourth-order valence-corrected chi connectivity index (χ4v) is 4.59. The minimum atomic E-state index is -3.64. The van der Waals surface area contributed by atoms with Gasteiger partial charge in [-0.2, -0.15) is 0 Å². The molecule has 158 valence electrons. The Morgan fingerprint density at radius 1 is 0.967 bits per heavy atom. The highest BCUT2D eigenvalue weighted by molar-refractivity contribution is 7.91. The number of carbonyl (C=O) groups is 3. The molecule has 1 aliphatic rings. The summed E-state index contributed by atoms with van der Waals surface area (Å²) in [6, 6.07) is 11.2. The molecule has 0 aliphatic carbocycles. The lowest BCUT2D eigenvalue weighted by molar-refractivity contribution is -0.117. The number of hydrogen-bond acceptors (Lipinski definition) is 5. The molecule has 0 saturated carbocycles. The maximum atomic E-state index is 12.7. The van der Waals surface area contributed by atoms with E-state index in [1.165, 1.54) is 19.9 Å². The molecule has 0 bridgehead atoms. The molecular formula is C21H23N3O5S. The van der Waals surface area contributed by atoms with Crippen molar-refractivity contribution in [2.24, 2.45) is 0 Å². The number of rotatable bonds is 6. The number of benzene rings is 2. The summed E-state index contributed by atoms with van der Waals surface area (Å²) in [6.07, 6.45) is 0.416. The molecule has 8 nitrogen and oxygen atoms in total. The van der Waals surface area contributed by atoms with Crippen molar-refractivity contribution in [3.05, 3.63) is 48.0 Å². The molecule has 0 radical (unpaired) electrons. The van der Waals surface area contributed by atoms with E-state index in [9.17, 15) is 22.8 Å². The molecule has 3 rings (SSSR count). The summed E-state index contributed by atoms with van der Waals surface area (Å²) >= 11 is 0. The Balaban J connectivity index is 1.60. The molecule has 9 heteroatoms. The third-order valence-electron chi connectivity index (χ3n) is 4.77. The second-order valence-corrected chi connectivity index (χ2v) is 9.20. The van der Waals surface area contributed by atoms with Gasteiger partial charge < -0.3 is 15.5 Å². The molecule has 1 aliphatic heterocycles. The Kier molecular flexibility index (Phi) is 6.21. The van der Waals surface area contributed by atoms with Crippen molar-refractivity contribution in [3.8, 4) is 0 Å². The zero-order chi connectivity index (χ0) is 21.9. The topological polar surface area (TPSA) is 113 Å². The highest BCUT2D eigenvalue weighted by Crippen LogP contribution is 2.30. The highest BCUT2D eigenvalue weighted by Gasteiger charge is 2.25. The van der Waals surface area contributed by atoms with Gasteiger partial charge in [-0.15, -0.1) is 0 Å². The summed E-state index contributed by atoms with van der Waals surface area (Å²) in [4.78, 5) is 36.6. The predicted molar refractivity (Wildman–Crippen MR) is 114 cm³/mol. The summed E-state index contributed by atoms with van der Waals surface area (Å²) in [5, 5.41) is 5.27. The Bertz CT molecular complexity index is 1090. The zero-order valence-electron chi connectivity index (χ0n) is 16.8. The maximum Gasteiger partial charge on any atom is 0.225 e. The van der Waals surface area contributed by atoms with Gasteiger partial charge in [-0.3, -0.25) is 14.4 Å². The van der Waals surface area contributed by atoms with Crippen LogP contribution < -0.4 is 15.5 Å². The zero-order valence-corrected chi connectivity index (χ0v) is 17.6. The van der Waals surface area contributed by atoms with Crippen molar-refractivity contribution in [1.29, 1.82) is 0 Å². The van der Waals surface area contributed by atoms with Crippen molar-refractivity contribution in [1.82, 2.24) is 0 Å². The lowest BCUT2D eigenvalue weighted by Crippen LogP contribution is -2.25. The van der Waals surface area contributed by atoms with Crippen LogP contribution in [0.15, 0.2) is 47.4 Å². The van der Waals surface area contributed by atoms with Gasteiger partial charge in [0.1, 0.15) is 0 Å². The minimum absolute atomic E-state index is 0.0777. The van der Waals surface area contributed by atoms with E-state index >= 15 is 0 Å². The molecule has 1 heterocycles. The number of nitrogens with one attached hydrogen (secondary N) is 2.